The van der Waals surface area contributed by atoms with Gasteiger partial charge >= 0.3 is 0 Å². The Morgan fingerprint density at radius 2 is 1.89 bits per heavy atom. The first kappa shape index (κ1) is 15.3. The molecule has 0 aromatic heterocycles. The van der Waals surface area contributed by atoms with E-state index in [1.807, 2.05) is 19.9 Å². The monoisotopic (exact) mass is 262 g/mol. The van der Waals surface area contributed by atoms with E-state index in [1.165, 1.54) is 24.3 Å². The van der Waals surface area contributed by atoms with E-state index in [0.717, 1.165) is 19.6 Å². The minimum Gasteiger partial charge on any atom is -0.304 e. The van der Waals surface area contributed by atoms with Gasteiger partial charge in [0.05, 0.1) is 6.07 Å². The van der Waals surface area contributed by atoms with Crippen molar-refractivity contribution in [3.63, 3.8) is 0 Å². The summed E-state index contributed by atoms with van der Waals surface area (Å²) in [5.74, 6) is -1.27. The van der Waals surface area contributed by atoms with Crippen LogP contribution in [-0.4, -0.2) is 30.3 Å². The Balaban J connectivity index is 2.67. The van der Waals surface area contributed by atoms with Gasteiger partial charge in [-0.15, -0.1) is 0 Å². The van der Waals surface area contributed by atoms with Crippen LogP contribution in [0.1, 0.15) is 30.6 Å². The number of nitriles is 1. The van der Waals surface area contributed by atoms with Gasteiger partial charge in [-0.05, 0) is 50.3 Å². The number of hydrogen-bond donors (Lipinski definition) is 0. The van der Waals surface area contributed by atoms with Crippen LogP contribution >= 0.6 is 0 Å². The van der Waals surface area contributed by atoms with Gasteiger partial charge in [0.25, 0.3) is 0 Å². The number of carbonyl (C=O) groups excluding carboxylic acids is 1. The third-order valence-corrected chi connectivity index (χ3v) is 3.23. The Kier molecular flexibility index (Phi) is 6.17. The minimum absolute atomic E-state index is 0.227. The number of rotatable bonds is 7. The van der Waals surface area contributed by atoms with Gasteiger partial charge in [0.1, 0.15) is 11.7 Å². The zero-order valence-corrected chi connectivity index (χ0v) is 11.4. The maximum atomic E-state index is 12.8. The molecule has 0 spiro atoms. The number of Topliss-reactive ketones (excluding diaryl/α,β-unsaturated/α-hetero) is 1. The Morgan fingerprint density at radius 1 is 1.32 bits per heavy atom. The standard InChI is InChI=1S/C15H19FN2O/c1-3-18(4-2)10-9-13(11-17)15(19)12-5-7-14(16)8-6-12/h5-8,13H,3-4,9-10H2,1-2H3. The van der Waals surface area contributed by atoms with Gasteiger partial charge in [-0.1, -0.05) is 13.8 Å². The molecule has 1 unspecified atom stereocenters. The molecule has 19 heavy (non-hydrogen) atoms. The largest absolute Gasteiger partial charge is 0.304 e. The van der Waals surface area contributed by atoms with Gasteiger partial charge in [-0.25, -0.2) is 4.39 Å². The summed E-state index contributed by atoms with van der Waals surface area (Å²) in [4.78, 5) is 14.3. The normalized spacial score (nSPS) is 12.2. The van der Waals surface area contributed by atoms with Crippen LogP contribution in [0.5, 0.6) is 0 Å². The van der Waals surface area contributed by atoms with E-state index in [0.29, 0.717) is 12.0 Å². The molecule has 0 aliphatic rings. The lowest BCUT2D eigenvalue weighted by Gasteiger charge is -2.19. The molecule has 1 aromatic rings. The van der Waals surface area contributed by atoms with Crippen LogP contribution in [0.2, 0.25) is 0 Å². The lowest BCUT2D eigenvalue weighted by molar-refractivity contribution is 0.0936. The van der Waals surface area contributed by atoms with Crippen molar-refractivity contribution in [1.82, 2.24) is 4.90 Å². The number of nitrogens with zero attached hydrogens (tertiary/aromatic N) is 2. The number of carbonyl (C=O) groups is 1. The topological polar surface area (TPSA) is 44.1 Å². The summed E-state index contributed by atoms with van der Waals surface area (Å²) in [5.41, 5.74) is 0.396. The first-order valence-corrected chi connectivity index (χ1v) is 6.54. The number of halogens is 1. The maximum absolute atomic E-state index is 12.8. The second kappa shape index (κ2) is 7.65. The number of hydrogen-bond acceptors (Lipinski definition) is 3. The van der Waals surface area contributed by atoms with E-state index in [-0.39, 0.29) is 11.6 Å². The molecule has 0 N–H and O–H groups in total. The van der Waals surface area contributed by atoms with E-state index in [4.69, 9.17) is 5.26 Å². The summed E-state index contributed by atoms with van der Waals surface area (Å²) in [6.07, 6.45) is 0.508. The predicted octanol–water partition coefficient (Wildman–Crippen LogP) is 2.88. The molecule has 0 bridgehead atoms. The predicted molar refractivity (Wildman–Crippen MR) is 72.2 cm³/mol. The van der Waals surface area contributed by atoms with Crippen LogP contribution in [0.15, 0.2) is 24.3 Å². The van der Waals surface area contributed by atoms with Gasteiger partial charge in [0.15, 0.2) is 5.78 Å². The molecule has 0 aliphatic carbocycles. The zero-order valence-electron chi connectivity index (χ0n) is 11.4. The molecule has 1 atom stereocenters. The van der Waals surface area contributed by atoms with Crippen LogP contribution < -0.4 is 0 Å². The van der Waals surface area contributed by atoms with Gasteiger partial charge in [-0.2, -0.15) is 5.26 Å². The molecule has 0 aliphatic heterocycles. The molecule has 0 radical (unpaired) electrons. The maximum Gasteiger partial charge on any atom is 0.180 e. The van der Waals surface area contributed by atoms with Crippen molar-refractivity contribution < 1.29 is 9.18 Å². The lowest BCUT2D eigenvalue weighted by atomic mass is 9.95. The van der Waals surface area contributed by atoms with Crippen LogP contribution in [0, 0.1) is 23.1 Å². The highest BCUT2D eigenvalue weighted by Gasteiger charge is 2.20. The van der Waals surface area contributed by atoms with E-state index < -0.39 is 5.92 Å². The number of benzene rings is 1. The minimum atomic E-state index is -0.661. The molecule has 3 nitrogen and oxygen atoms in total. The molecule has 0 saturated heterocycles. The number of ketones is 1. The second-order valence-corrected chi connectivity index (χ2v) is 4.37. The van der Waals surface area contributed by atoms with Crippen LogP contribution in [0.25, 0.3) is 0 Å². The van der Waals surface area contributed by atoms with Crippen molar-refractivity contribution in [3.05, 3.63) is 35.6 Å². The average Bonchev–Trinajstić information content (AvgIpc) is 2.44. The van der Waals surface area contributed by atoms with Gasteiger partial charge in [0, 0.05) is 5.56 Å². The molecule has 0 heterocycles. The van der Waals surface area contributed by atoms with E-state index in [1.54, 1.807) is 0 Å². The Morgan fingerprint density at radius 3 is 2.37 bits per heavy atom. The van der Waals surface area contributed by atoms with Crippen molar-refractivity contribution in [3.8, 4) is 6.07 Å². The SMILES string of the molecule is CCN(CC)CCC(C#N)C(=O)c1ccc(F)cc1. The molecule has 1 aromatic carbocycles. The summed E-state index contributed by atoms with van der Waals surface area (Å²) < 4.78 is 12.8. The van der Waals surface area contributed by atoms with Crippen molar-refractivity contribution in [2.24, 2.45) is 5.92 Å². The molecule has 4 heteroatoms. The Hall–Kier alpha value is -1.73. The lowest BCUT2D eigenvalue weighted by Crippen LogP contribution is -2.27. The zero-order chi connectivity index (χ0) is 14.3. The van der Waals surface area contributed by atoms with E-state index >= 15 is 0 Å². The first-order chi connectivity index (χ1) is 9.12. The van der Waals surface area contributed by atoms with Crippen LogP contribution in [0.3, 0.4) is 0 Å². The summed E-state index contributed by atoms with van der Waals surface area (Å²) in [6.45, 7) is 6.62. The van der Waals surface area contributed by atoms with Gasteiger partial charge in [0.2, 0.25) is 0 Å². The fourth-order valence-electron chi connectivity index (χ4n) is 1.92. The van der Waals surface area contributed by atoms with Gasteiger partial charge in [-0.3, -0.25) is 4.79 Å². The highest BCUT2D eigenvalue weighted by Crippen LogP contribution is 2.13. The summed E-state index contributed by atoms with van der Waals surface area (Å²) in [5, 5.41) is 9.11. The second-order valence-electron chi connectivity index (χ2n) is 4.37. The molecular weight excluding hydrogens is 243 g/mol. The Bertz CT molecular complexity index is 446. The van der Waals surface area contributed by atoms with Crippen molar-refractivity contribution in [2.45, 2.75) is 20.3 Å². The quantitative estimate of drug-likeness (QED) is 0.710. The molecule has 0 saturated carbocycles. The van der Waals surface area contributed by atoms with E-state index in [9.17, 15) is 9.18 Å². The molecular formula is C15H19FN2O. The first-order valence-electron chi connectivity index (χ1n) is 6.54. The van der Waals surface area contributed by atoms with E-state index in [2.05, 4.69) is 4.90 Å². The van der Waals surface area contributed by atoms with Gasteiger partial charge < -0.3 is 4.90 Å². The molecule has 0 amide bonds. The smallest absolute Gasteiger partial charge is 0.180 e. The molecule has 1 rings (SSSR count). The van der Waals surface area contributed by atoms with Crippen LogP contribution in [0.4, 0.5) is 4.39 Å². The summed E-state index contributed by atoms with van der Waals surface area (Å²) >= 11 is 0. The molecule has 0 fully saturated rings. The highest BCUT2D eigenvalue weighted by atomic mass is 19.1. The third-order valence-electron chi connectivity index (χ3n) is 3.23. The van der Waals surface area contributed by atoms with Crippen molar-refractivity contribution in [2.75, 3.05) is 19.6 Å². The van der Waals surface area contributed by atoms with Crippen LogP contribution in [-0.2, 0) is 0 Å². The summed E-state index contributed by atoms with van der Waals surface area (Å²) in [6, 6.07) is 7.39. The molecule has 102 valence electrons. The fraction of sp³-hybridized carbons (Fsp3) is 0.467. The van der Waals surface area contributed by atoms with Crippen molar-refractivity contribution in [1.29, 1.82) is 5.26 Å². The highest BCUT2D eigenvalue weighted by molar-refractivity contribution is 5.99. The Labute approximate surface area is 113 Å². The fourth-order valence-corrected chi connectivity index (χ4v) is 1.92. The summed E-state index contributed by atoms with van der Waals surface area (Å²) in [7, 11) is 0. The third kappa shape index (κ3) is 4.46. The van der Waals surface area contributed by atoms with Crippen molar-refractivity contribution >= 4 is 5.78 Å². The average molecular weight is 262 g/mol.